The van der Waals surface area contributed by atoms with Crippen molar-refractivity contribution in [3.8, 4) is 16.8 Å². The molecular weight excluding hydrogens is 699 g/mol. The summed E-state index contributed by atoms with van der Waals surface area (Å²) in [4.78, 5) is 10.0. The molecule has 0 aliphatic rings. The van der Waals surface area contributed by atoms with Gasteiger partial charge in [-0.15, -0.1) is 0 Å². The number of carbonyl (C=O) groups is 1. The summed E-state index contributed by atoms with van der Waals surface area (Å²) in [5, 5.41) is 18.5. The van der Waals surface area contributed by atoms with Crippen LogP contribution in [-0.2, 0) is 31.2 Å². The Bertz CT molecular complexity index is 2220. The van der Waals surface area contributed by atoms with E-state index >= 15 is 0 Å². The fraction of sp³-hybridized carbons (Fsp3) is 0.0811. The van der Waals surface area contributed by atoms with Crippen molar-refractivity contribution in [3.63, 3.8) is 0 Å². The van der Waals surface area contributed by atoms with Crippen LogP contribution in [0.3, 0.4) is 0 Å². The first kappa shape index (κ1) is 27.6. The van der Waals surface area contributed by atoms with E-state index in [1.165, 1.54) is 74.1 Å². The fourth-order valence-electron chi connectivity index (χ4n) is 5.37. The number of fused-ring (bicyclic) bond motifs is 4. The summed E-state index contributed by atoms with van der Waals surface area (Å²) in [6.07, 6.45) is 5.30. The number of benzene rings is 6. The number of hydrogen-bond acceptors (Lipinski definition) is 2. The molecule has 0 amide bonds. The number of carbonyl (C=O) groups excluding carboxylic acids is 1. The first-order valence-electron chi connectivity index (χ1n) is 13.7. The van der Waals surface area contributed by atoms with E-state index in [1.807, 2.05) is 0 Å². The van der Waals surface area contributed by atoms with E-state index in [-0.39, 0.29) is 11.5 Å². The Balaban J connectivity index is 0.000000405. The van der Waals surface area contributed by atoms with Crippen LogP contribution in [0.4, 0.5) is 0 Å². The Morgan fingerprint density at radius 3 is 1.88 bits per heavy atom. The molecule has 1 heterocycles. The summed E-state index contributed by atoms with van der Waals surface area (Å²) in [6, 6.07) is 39.0. The Kier molecular flexibility index (Phi) is 7.49. The van der Waals surface area contributed by atoms with Gasteiger partial charge in [-0.2, -0.15) is 0 Å². The van der Waals surface area contributed by atoms with Gasteiger partial charge in [-0.3, -0.25) is 4.79 Å². The third-order valence-corrected chi connectivity index (χ3v) is 8.68. The maximum atomic E-state index is 10.0. The average molecular weight is 729 g/mol. The van der Waals surface area contributed by atoms with Crippen LogP contribution < -0.4 is 0 Å². The van der Waals surface area contributed by atoms with Gasteiger partial charge in [0.15, 0.2) is 5.78 Å². The number of aryl methyl sites for hydroxylation is 1. The Labute approximate surface area is 255 Å². The van der Waals surface area contributed by atoms with Gasteiger partial charge in [0, 0.05) is 6.08 Å². The molecule has 0 fully saturated rings. The first-order valence-corrected chi connectivity index (χ1v) is 14.8. The van der Waals surface area contributed by atoms with Crippen molar-refractivity contribution in [2.24, 2.45) is 7.05 Å². The third kappa shape index (κ3) is 5.51. The molecule has 0 radical (unpaired) electrons. The van der Waals surface area contributed by atoms with E-state index in [1.54, 1.807) is 0 Å². The molecule has 1 N–H and O–H groups in total. The Hall–Kier alpha value is -4.53. The van der Waals surface area contributed by atoms with Gasteiger partial charge in [0.2, 0.25) is 0 Å². The third-order valence-electron chi connectivity index (χ3n) is 7.33. The van der Waals surface area contributed by atoms with Crippen molar-refractivity contribution >= 4 is 48.9 Å². The van der Waals surface area contributed by atoms with Crippen LogP contribution in [0.25, 0.3) is 59.9 Å². The number of aromatic nitrogens is 2. The van der Waals surface area contributed by atoms with E-state index in [0.717, 1.165) is 9.49 Å². The van der Waals surface area contributed by atoms with Crippen molar-refractivity contribution in [2.45, 2.75) is 13.8 Å². The molecule has 0 atom stereocenters. The quantitative estimate of drug-likeness (QED) is 0.0855. The standard InChI is InChI=1S/C32H21N2.C5H8O2.Pt/c1-33-13-14-34(21-33)30-11-9-22(10-12-30)31-8-4-7-25-17-28-18-26-15-23-5-2-3-6-24(23)16-27(26)19-29(28)20-32(25)31;1-4(6)3-5(2)7;/h2-11,13-20H,1H3;3,6H,1-2H3;/q-1;;/b;4-3-;. The summed E-state index contributed by atoms with van der Waals surface area (Å²) >= 11 is 2.34. The average Bonchev–Trinajstić information content (AvgIpc) is 3.30. The summed E-state index contributed by atoms with van der Waals surface area (Å²) < 4.78 is 5.40. The van der Waals surface area contributed by atoms with E-state index < -0.39 is 0 Å². The molecule has 7 rings (SSSR count). The van der Waals surface area contributed by atoms with Crippen LogP contribution in [0, 0.1) is 9.87 Å². The Morgan fingerprint density at radius 1 is 0.762 bits per heavy atom. The number of nitrogens with zero attached hydrogens (tertiary/aromatic N) is 2. The number of allylic oxidation sites excluding steroid dienone is 2. The predicted octanol–water partition coefficient (Wildman–Crippen LogP) is 9.01. The summed E-state index contributed by atoms with van der Waals surface area (Å²) in [5.74, 6) is -0.0625. The predicted molar refractivity (Wildman–Crippen MR) is 169 cm³/mol. The second kappa shape index (κ2) is 11.4. The zero-order chi connectivity index (χ0) is 29.4. The molecule has 7 aromatic rings. The van der Waals surface area contributed by atoms with Crippen LogP contribution >= 0.6 is 0 Å². The Morgan fingerprint density at radius 2 is 1.36 bits per heavy atom. The molecule has 6 aromatic carbocycles. The maximum absolute atomic E-state index is 10.0. The van der Waals surface area contributed by atoms with Crippen LogP contribution in [0.15, 0.2) is 121 Å². The summed E-state index contributed by atoms with van der Waals surface area (Å²) in [6.45, 7) is 2.85. The molecule has 0 saturated heterocycles. The minimum absolute atomic E-state index is 0.0625. The molecule has 0 bridgehead atoms. The van der Waals surface area contributed by atoms with Gasteiger partial charge >= 0.3 is 162 Å². The van der Waals surface area contributed by atoms with Crippen LogP contribution in [0.2, 0.25) is 0 Å². The number of ketones is 1. The number of aliphatic hydroxyl groups excluding tert-OH is 1. The van der Waals surface area contributed by atoms with Crippen LogP contribution in [-0.4, -0.2) is 20.0 Å². The van der Waals surface area contributed by atoms with E-state index in [4.69, 9.17) is 5.11 Å². The van der Waals surface area contributed by atoms with Crippen molar-refractivity contribution in [1.29, 1.82) is 0 Å². The summed E-state index contributed by atoms with van der Waals surface area (Å²) in [7, 11) is 2.05. The van der Waals surface area contributed by atoms with Gasteiger partial charge in [-0.1, -0.05) is 24.3 Å². The monoisotopic (exact) mass is 728 g/mol. The molecule has 0 spiro atoms. The molecule has 0 unspecified atom stereocenters. The summed E-state index contributed by atoms with van der Waals surface area (Å²) in [5.41, 5.74) is 3.46. The van der Waals surface area contributed by atoms with E-state index in [2.05, 4.69) is 151 Å². The van der Waals surface area contributed by atoms with E-state index in [9.17, 15) is 4.79 Å². The zero-order valence-corrected chi connectivity index (χ0v) is 25.8. The first-order chi connectivity index (χ1) is 20.3. The van der Waals surface area contributed by atoms with Crippen LogP contribution in [0.1, 0.15) is 13.8 Å². The molecule has 1 aromatic heterocycles. The van der Waals surface area contributed by atoms with Crippen molar-refractivity contribution in [2.75, 3.05) is 0 Å². The molecule has 0 aliphatic heterocycles. The molecule has 210 valence electrons. The molecule has 4 nitrogen and oxygen atoms in total. The number of aliphatic hydroxyl groups is 1. The second-order valence-electron chi connectivity index (χ2n) is 10.5. The topological polar surface area (TPSA) is 47.2 Å². The van der Waals surface area contributed by atoms with Gasteiger partial charge in [0.25, 0.3) is 0 Å². The van der Waals surface area contributed by atoms with E-state index in [0.29, 0.717) is 0 Å². The number of rotatable bonds is 3. The fourth-order valence-corrected chi connectivity index (χ4v) is 5.99. The number of hydrogen-bond donors (Lipinski definition) is 1. The van der Waals surface area contributed by atoms with Crippen molar-refractivity contribution in [3.05, 3.63) is 131 Å². The molecule has 0 aliphatic carbocycles. The zero-order valence-electron chi connectivity index (χ0n) is 23.5. The number of imidazole rings is 1. The molecule has 5 heteroatoms. The molecule has 42 heavy (non-hydrogen) atoms. The van der Waals surface area contributed by atoms with Gasteiger partial charge in [-0.05, 0) is 42.1 Å². The second-order valence-corrected chi connectivity index (χ2v) is 11.5. The van der Waals surface area contributed by atoms with Gasteiger partial charge < -0.3 is 5.11 Å². The van der Waals surface area contributed by atoms with Gasteiger partial charge in [0.1, 0.15) is 0 Å². The van der Waals surface area contributed by atoms with Crippen molar-refractivity contribution in [1.82, 2.24) is 9.13 Å². The molecular formula is C37H29N2O2Pt-. The minimum atomic E-state index is -0.125. The molecule has 0 saturated carbocycles. The van der Waals surface area contributed by atoms with Crippen LogP contribution in [0.5, 0.6) is 0 Å². The van der Waals surface area contributed by atoms with Gasteiger partial charge in [-0.25, -0.2) is 0 Å². The normalized spacial score (nSPS) is 11.7. The van der Waals surface area contributed by atoms with Gasteiger partial charge in [0.05, 0.1) is 5.76 Å². The SMILES string of the molecule is CC(=O)/C=C(/C)O.Cn1ccn(-c2[c-]cc(-c3cccc4cc5cc6cc7ccccc7cc6cc5cc34)cc2)[c]1=[Pt]. The van der Waals surface area contributed by atoms with Crippen molar-refractivity contribution < 1.29 is 29.3 Å².